The lowest BCUT2D eigenvalue weighted by atomic mass is 10.1. The summed E-state index contributed by atoms with van der Waals surface area (Å²) in [7, 11) is 2.07. The molecule has 0 aliphatic carbocycles. The Morgan fingerprint density at radius 2 is 1.76 bits per heavy atom. The fourth-order valence-electron chi connectivity index (χ4n) is 4.21. The van der Waals surface area contributed by atoms with Crippen LogP contribution in [0.1, 0.15) is 46.6 Å². The first-order chi connectivity index (χ1) is 14.1. The Kier molecular flexibility index (Phi) is 5.67. The quantitative estimate of drug-likeness (QED) is 0.797. The lowest BCUT2D eigenvalue weighted by molar-refractivity contribution is 0.0657. The standard InChI is InChI=1S/C22H29N5O2/c1-3-26(17-9-5-4-6-10-17)22(29)20-23-19(18-11-7-8-12-27(18)20)21(28)25-15-13-24(2)14-16-25/h4-6,9-10H,3,7-8,11-16H2,1-2H3. The molecule has 154 valence electrons. The van der Waals surface area contributed by atoms with Crippen LogP contribution in [-0.4, -0.2) is 70.9 Å². The maximum atomic E-state index is 13.4. The molecule has 2 aliphatic rings. The van der Waals surface area contributed by atoms with Crippen LogP contribution in [0, 0.1) is 0 Å². The van der Waals surface area contributed by atoms with E-state index in [1.807, 2.05) is 46.7 Å². The molecular weight excluding hydrogens is 366 g/mol. The molecule has 2 amide bonds. The number of hydrogen-bond donors (Lipinski definition) is 0. The van der Waals surface area contributed by atoms with Crippen LogP contribution in [0.3, 0.4) is 0 Å². The number of para-hydroxylation sites is 1. The number of carbonyl (C=O) groups excluding carboxylic acids is 2. The molecule has 0 spiro atoms. The molecule has 0 atom stereocenters. The predicted molar refractivity (Wildman–Crippen MR) is 112 cm³/mol. The number of amides is 2. The zero-order chi connectivity index (χ0) is 20.4. The molecule has 0 bridgehead atoms. The third kappa shape index (κ3) is 3.79. The van der Waals surface area contributed by atoms with E-state index in [4.69, 9.17) is 0 Å². The van der Waals surface area contributed by atoms with E-state index in [0.29, 0.717) is 31.2 Å². The third-order valence-corrected chi connectivity index (χ3v) is 5.93. The fraction of sp³-hybridized carbons (Fsp3) is 0.500. The molecule has 7 heteroatoms. The van der Waals surface area contributed by atoms with Gasteiger partial charge in [0.05, 0.1) is 5.69 Å². The van der Waals surface area contributed by atoms with Crippen LogP contribution in [0.2, 0.25) is 0 Å². The topological polar surface area (TPSA) is 61.7 Å². The largest absolute Gasteiger partial charge is 0.335 e. The number of piperazine rings is 1. The van der Waals surface area contributed by atoms with E-state index in [1.54, 1.807) is 4.90 Å². The lowest BCUT2D eigenvalue weighted by Crippen LogP contribution is -2.47. The van der Waals surface area contributed by atoms with Crippen molar-refractivity contribution in [3.8, 4) is 0 Å². The van der Waals surface area contributed by atoms with Crippen LogP contribution in [0.5, 0.6) is 0 Å². The van der Waals surface area contributed by atoms with Gasteiger partial charge < -0.3 is 19.3 Å². The summed E-state index contributed by atoms with van der Waals surface area (Å²) in [6.07, 6.45) is 2.83. The number of hydrogen-bond acceptors (Lipinski definition) is 4. The van der Waals surface area contributed by atoms with Crippen LogP contribution in [0.15, 0.2) is 30.3 Å². The Morgan fingerprint density at radius 3 is 2.45 bits per heavy atom. The highest BCUT2D eigenvalue weighted by Crippen LogP contribution is 2.25. The summed E-state index contributed by atoms with van der Waals surface area (Å²) in [5.74, 6) is 0.215. The van der Waals surface area contributed by atoms with Crippen LogP contribution < -0.4 is 4.90 Å². The number of likely N-dealkylation sites (N-methyl/N-ethyl adjacent to an activating group) is 1. The van der Waals surface area contributed by atoms with Crippen molar-refractivity contribution in [2.45, 2.75) is 32.7 Å². The molecule has 1 aromatic carbocycles. The summed E-state index contributed by atoms with van der Waals surface area (Å²) in [6, 6.07) is 9.64. The van der Waals surface area contributed by atoms with Crippen molar-refractivity contribution in [2.24, 2.45) is 0 Å². The van der Waals surface area contributed by atoms with Gasteiger partial charge in [-0.1, -0.05) is 18.2 Å². The average Bonchev–Trinajstić information content (AvgIpc) is 3.15. The van der Waals surface area contributed by atoms with Gasteiger partial charge in [-0.2, -0.15) is 0 Å². The molecule has 1 aromatic heterocycles. The monoisotopic (exact) mass is 395 g/mol. The normalized spacial score (nSPS) is 17.1. The van der Waals surface area contributed by atoms with Crippen molar-refractivity contribution in [1.82, 2.24) is 19.4 Å². The molecule has 0 unspecified atom stereocenters. The summed E-state index contributed by atoms with van der Waals surface area (Å²) in [5.41, 5.74) is 2.24. The van der Waals surface area contributed by atoms with E-state index in [9.17, 15) is 9.59 Å². The number of rotatable bonds is 4. The van der Waals surface area contributed by atoms with Gasteiger partial charge in [-0.25, -0.2) is 4.98 Å². The zero-order valence-electron chi connectivity index (χ0n) is 17.3. The summed E-state index contributed by atoms with van der Waals surface area (Å²) in [6.45, 7) is 6.39. The van der Waals surface area contributed by atoms with Crippen molar-refractivity contribution in [2.75, 3.05) is 44.7 Å². The Bertz CT molecular complexity index is 884. The number of benzene rings is 1. The van der Waals surface area contributed by atoms with Gasteiger partial charge in [0.1, 0.15) is 5.69 Å². The van der Waals surface area contributed by atoms with Gasteiger partial charge in [0.15, 0.2) is 0 Å². The number of carbonyl (C=O) groups is 2. The first-order valence-electron chi connectivity index (χ1n) is 10.5. The number of aromatic nitrogens is 2. The summed E-state index contributed by atoms with van der Waals surface area (Å²) < 4.78 is 1.99. The van der Waals surface area contributed by atoms with E-state index >= 15 is 0 Å². The van der Waals surface area contributed by atoms with E-state index in [-0.39, 0.29) is 11.8 Å². The van der Waals surface area contributed by atoms with Crippen molar-refractivity contribution in [3.63, 3.8) is 0 Å². The molecule has 0 radical (unpaired) electrons. The highest BCUT2D eigenvalue weighted by atomic mass is 16.2. The number of fused-ring (bicyclic) bond motifs is 1. The highest BCUT2D eigenvalue weighted by Gasteiger charge is 2.32. The second-order valence-corrected chi connectivity index (χ2v) is 7.82. The third-order valence-electron chi connectivity index (χ3n) is 5.93. The van der Waals surface area contributed by atoms with E-state index in [0.717, 1.165) is 50.3 Å². The molecule has 4 rings (SSSR count). The Balaban J connectivity index is 1.67. The zero-order valence-corrected chi connectivity index (χ0v) is 17.3. The molecule has 2 aromatic rings. The number of anilines is 1. The maximum Gasteiger partial charge on any atom is 0.294 e. The van der Waals surface area contributed by atoms with E-state index < -0.39 is 0 Å². The predicted octanol–water partition coefficient (Wildman–Crippen LogP) is 2.27. The van der Waals surface area contributed by atoms with Gasteiger partial charge >= 0.3 is 0 Å². The molecule has 0 saturated carbocycles. The first-order valence-corrected chi connectivity index (χ1v) is 10.5. The Hall–Kier alpha value is -2.67. The van der Waals surface area contributed by atoms with Crippen LogP contribution >= 0.6 is 0 Å². The van der Waals surface area contributed by atoms with Gasteiger partial charge in [0.2, 0.25) is 5.82 Å². The highest BCUT2D eigenvalue weighted by molar-refractivity contribution is 6.05. The van der Waals surface area contributed by atoms with Gasteiger partial charge in [0, 0.05) is 45.0 Å². The average molecular weight is 396 g/mol. The Morgan fingerprint density at radius 1 is 1.03 bits per heavy atom. The van der Waals surface area contributed by atoms with Crippen molar-refractivity contribution in [1.29, 1.82) is 0 Å². The molecule has 0 N–H and O–H groups in total. The molecule has 2 aliphatic heterocycles. The van der Waals surface area contributed by atoms with E-state index in [2.05, 4.69) is 16.9 Å². The minimum absolute atomic E-state index is 0.0365. The fourth-order valence-corrected chi connectivity index (χ4v) is 4.21. The smallest absolute Gasteiger partial charge is 0.294 e. The lowest BCUT2D eigenvalue weighted by Gasteiger charge is -2.32. The summed E-state index contributed by atoms with van der Waals surface area (Å²) >= 11 is 0. The molecule has 7 nitrogen and oxygen atoms in total. The molecule has 3 heterocycles. The molecule has 1 saturated heterocycles. The van der Waals surface area contributed by atoms with Gasteiger partial charge in [-0.15, -0.1) is 0 Å². The molecule has 29 heavy (non-hydrogen) atoms. The summed E-state index contributed by atoms with van der Waals surface area (Å²) in [4.78, 5) is 37.1. The van der Waals surface area contributed by atoms with Crippen molar-refractivity contribution < 1.29 is 9.59 Å². The number of imidazole rings is 1. The summed E-state index contributed by atoms with van der Waals surface area (Å²) in [5, 5.41) is 0. The SMILES string of the molecule is CCN(C(=O)c1nc(C(=O)N2CCN(C)CC2)c2n1CCCC2)c1ccccc1. The van der Waals surface area contributed by atoms with Gasteiger partial charge in [-0.3, -0.25) is 9.59 Å². The number of nitrogens with zero attached hydrogens (tertiary/aromatic N) is 5. The van der Waals surface area contributed by atoms with Gasteiger partial charge in [-0.05, 0) is 45.4 Å². The molecule has 1 fully saturated rings. The van der Waals surface area contributed by atoms with Crippen LogP contribution in [0.25, 0.3) is 0 Å². The van der Waals surface area contributed by atoms with Crippen LogP contribution in [-0.2, 0) is 13.0 Å². The van der Waals surface area contributed by atoms with Crippen molar-refractivity contribution >= 4 is 17.5 Å². The second-order valence-electron chi connectivity index (χ2n) is 7.82. The van der Waals surface area contributed by atoms with Crippen LogP contribution in [0.4, 0.5) is 5.69 Å². The van der Waals surface area contributed by atoms with Gasteiger partial charge in [0.25, 0.3) is 11.8 Å². The Labute approximate surface area is 171 Å². The van der Waals surface area contributed by atoms with E-state index in [1.165, 1.54) is 0 Å². The minimum atomic E-state index is -0.140. The molecular formula is C22H29N5O2. The minimum Gasteiger partial charge on any atom is -0.335 e. The first kappa shape index (κ1) is 19.6. The second kappa shape index (κ2) is 8.37. The van der Waals surface area contributed by atoms with Crippen molar-refractivity contribution in [3.05, 3.63) is 47.5 Å². The maximum absolute atomic E-state index is 13.4.